The lowest BCUT2D eigenvalue weighted by molar-refractivity contribution is 0.0442. The fraction of sp³-hybridized carbons (Fsp3) is 0.256. The number of thiophene rings is 2. The Kier molecular flexibility index (Phi) is 13.5. The molecule has 4 aromatic heterocycles. The topological polar surface area (TPSA) is 238 Å². The lowest BCUT2D eigenvalue weighted by Crippen LogP contribution is -2.20. The van der Waals surface area contributed by atoms with E-state index in [0.717, 1.165) is 33.8 Å². The normalized spacial score (nSPS) is 11.6. The maximum absolute atomic E-state index is 13.6. The van der Waals surface area contributed by atoms with Gasteiger partial charge in [-0.05, 0) is 123 Å². The molecule has 4 heterocycles. The Morgan fingerprint density at radius 1 is 0.629 bits per heavy atom. The van der Waals surface area contributed by atoms with Gasteiger partial charge in [0.25, 0.3) is 43.6 Å². The molecule has 328 valence electrons. The number of amides is 2. The SMILES string of the molecule is Cc1cc(C)c(NC(=O)c2sccc2S(=O)(=O)Nc2onc(C)c2Cl)c(C)c1COC(=O)OCc1c(C)cc(C)c(NC(=O)c2sccc2S(=O)(=O)Nc2onc(C)c2Cl)c1C. The van der Waals surface area contributed by atoms with E-state index in [1.54, 1.807) is 53.7 Å². The zero-order chi connectivity index (χ0) is 45.4. The molecule has 0 saturated carbocycles. The molecule has 0 aliphatic rings. The van der Waals surface area contributed by atoms with Crippen LogP contribution >= 0.6 is 45.9 Å². The van der Waals surface area contributed by atoms with Gasteiger partial charge >= 0.3 is 6.16 Å². The van der Waals surface area contributed by atoms with Gasteiger partial charge in [-0.25, -0.2) is 31.1 Å². The van der Waals surface area contributed by atoms with E-state index < -0.39 is 38.0 Å². The quantitative estimate of drug-likeness (QED) is 0.0745. The van der Waals surface area contributed by atoms with Crippen LogP contribution in [0.5, 0.6) is 0 Å². The summed E-state index contributed by atoms with van der Waals surface area (Å²) in [5, 5.41) is 15.8. The van der Waals surface area contributed by atoms with Gasteiger partial charge in [-0.2, -0.15) is 0 Å². The van der Waals surface area contributed by atoms with E-state index in [9.17, 15) is 31.2 Å². The van der Waals surface area contributed by atoms with Gasteiger partial charge in [0.1, 0.15) is 54.2 Å². The second-order valence-corrected chi connectivity index (χ2v) is 19.9. The van der Waals surface area contributed by atoms with Crippen LogP contribution in [-0.4, -0.2) is 45.1 Å². The third-order valence-corrected chi connectivity index (χ3v) is 15.4. The molecule has 6 rings (SSSR count). The molecule has 0 unspecified atom stereocenters. The minimum absolute atomic E-state index is 0.0156. The van der Waals surface area contributed by atoms with Gasteiger partial charge in [-0.1, -0.05) is 45.6 Å². The third kappa shape index (κ3) is 9.47. The van der Waals surface area contributed by atoms with E-state index in [1.807, 2.05) is 13.8 Å². The van der Waals surface area contributed by atoms with Crippen molar-refractivity contribution in [3.63, 3.8) is 0 Å². The summed E-state index contributed by atoms with van der Waals surface area (Å²) < 4.78 is 78.4. The van der Waals surface area contributed by atoms with Gasteiger partial charge < -0.3 is 29.2 Å². The number of carbonyl (C=O) groups excluding carboxylic acids is 3. The van der Waals surface area contributed by atoms with Crippen LogP contribution in [0.4, 0.5) is 27.9 Å². The molecule has 0 saturated heterocycles. The van der Waals surface area contributed by atoms with Gasteiger partial charge in [-0.15, -0.1) is 22.7 Å². The van der Waals surface area contributed by atoms with E-state index >= 15 is 0 Å². The Hall–Kier alpha value is -5.45. The molecule has 2 aromatic carbocycles. The number of anilines is 4. The average molecular weight is 966 g/mol. The summed E-state index contributed by atoms with van der Waals surface area (Å²) >= 11 is 14.0. The van der Waals surface area contributed by atoms with Crippen molar-refractivity contribution in [1.29, 1.82) is 0 Å². The first-order valence-electron chi connectivity index (χ1n) is 18.2. The van der Waals surface area contributed by atoms with Gasteiger partial charge in [0.15, 0.2) is 0 Å². The van der Waals surface area contributed by atoms with Crippen molar-refractivity contribution in [1.82, 2.24) is 10.3 Å². The third-order valence-electron chi connectivity index (χ3n) is 9.69. The number of carbonyl (C=O) groups is 3. The molecule has 4 N–H and O–H groups in total. The number of aryl methyl sites for hydroxylation is 6. The Balaban J connectivity index is 1.12. The highest BCUT2D eigenvalue weighted by molar-refractivity contribution is 7.93. The first kappa shape index (κ1) is 46.1. The standard InChI is InChI=1S/C39H38Cl2N6O11S4/c1-17-13-19(3)31(42-35(48)33-27(9-11-59-33)61(51,52)46-37-29(40)23(7)44-57-37)21(5)25(17)15-55-39(50)56-16-26-18(2)14-20(4)32(22(26)6)43-36(49)34-28(10-12-60-34)62(53,54)47-38-30(41)24(8)45-58-38/h9-14,46-47H,15-16H2,1-8H3,(H,42,48)(H,43,49). The monoisotopic (exact) mass is 964 g/mol. The summed E-state index contributed by atoms with van der Waals surface area (Å²) in [6.07, 6.45) is -0.995. The second kappa shape index (κ2) is 18.1. The number of hydrogen-bond acceptors (Lipinski definition) is 15. The van der Waals surface area contributed by atoms with Crippen LogP contribution in [-0.2, 0) is 42.7 Å². The van der Waals surface area contributed by atoms with Gasteiger partial charge in [0.05, 0.1) is 0 Å². The maximum Gasteiger partial charge on any atom is 0.508 e. The van der Waals surface area contributed by atoms with E-state index in [2.05, 4.69) is 30.4 Å². The minimum Gasteiger partial charge on any atom is -0.429 e. The van der Waals surface area contributed by atoms with E-state index in [4.69, 9.17) is 41.7 Å². The molecule has 0 bridgehead atoms. The smallest absolute Gasteiger partial charge is 0.429 e. The Bertz CT molecular complexity index is 2790. The molecule has 0 aliphatic heterocycles. The number of benzene rings is 2. The van der Waals surface area contributed by atoms with E-state index in [1.165, 1.54) is 22.9 Å². The van der Waals surface area contributed by atoms with Crippen LogP contribution in [0.3, 0.4) is 0 Å². The lowest BCUT2D eigenvalue weighted by Gasteiger charge is -2.19. The van der Waals surface area contributed by atoms with Crippen molar-refractivity contribution in [3.8, 4) is 0 Å². The number of ether oxygens (including phenoxy) is 2. The largest absolute Gasteiger partial charge is 0.508 e. The van der Waals surface area contributed by atoms with Gasteiger partial charge in [0, 0.05) is 11.4 Å². The Labute approximate surface area is 374 Å². The molecular formula is C39H38Cl2N6O11S4. The number of hydrogen-bond donors (Lipinski definition) is 4. The summed E-state index contributed by atoms with van der Waals surface area (Å²) in [6, 6.07) is 6.15. The number of rotatable bonds is 14. The lowest BCUT2D eigenvalue weighted by atomic mass is 9.97. The molecule has 0 aliphatic carbocycles. The Morgan fingerprint density at radius 3 is 1.34 bits per heavy atom. The molecule has 6 aromatic rings. The highest BCUT2D eigenvalue weighted by Gasteiger charge is 2.30. The van der Waals surface area contributed by atoms with Crippen molar-refractivity contribution in [2.24, 2.45) is 0 Å². The molecular weight excluding hydrogens is 928 g/mol. The van der Waals surface area contributed by atoms with E-state index in [0.29, 0.717) is 44.8 Å². The van der Waals surface area contributed by atoms with Crippen LogP contribution in [0.1, 0.15) is 75.2 Å². The molecule has 17 nitrogen and oxygen atoms in total. The number of nitrogens with zero attached hydrogens (tertiary/aromatic N) is 2. The van der Waals surface area contributed by atoms with Crippen molar-refractivity contribution in [3.05, 3.63) is 111 Å². The number of nitrogens with one attached hydrogen (secondary N) is 4. The predicted octanol–water partition coefficient (Wildman–Crippen LogP) is 9.52. The molecule has 2 amide bonds. The molecule has 0 spiro atoms. The molecule has 0 atom stereocenters. The minimum atomic E-state index is -4.31. The van der Waals surface area contributed by atoms with Crippen molar-refractivity contribution < 1.29 is 49.7 Å². The van der Waals surface area contributed by atoms with Crippen molar-refractivity contribution >= 4 is 107 Å². The zero-order valence-electron chi connectivity index (χ0n) is 34.2. The highest BCUT2D eigenvalue weighted by atomic mass is 35.5. The Morgan fingerprint density at radius 2 is 1.00 bits per heavy atom. The summed E-state index contributed by atoms with van der Waals surface area (Å²) in [4.78, 5) is 39.4. The highest BCUT2D eigenvalue weighted by Crippen LogP contribution is 2.35. The number of aromatic nitrogens is 2. The summed E-state index contributed by atoms with van der Waals surface area (Å²) in [5.41, 5.74) is 6.53. The van der Waals surface area contributed by atoms with Crippen molar-refractivity contribution in [2.75, 3.05) is 20.1 Å². The molecule has 0 fully saturated rings. The van der Waals surface area contributed by atoms with Gasteiger partial charge in [-0.3, -0.25) is 9.59 Å². The van der Waals surface area contributed by atoms with Crippen LogP contribution in [0.15, 0.2) is 53.9 Å². The summed E-state index contributed by atoms with van der Waals surface area (Å²) in [6.45, 7) is 13.3. The first-order chi connectivity index (χ1) is 29.1. The second-order valence-electron chi connectivity index (χ2n) is 14.0. The van der Waals surface area contributed by atoms with E-state index in [-0.39, 0.29) is 66.0 Å². The van der Waals surface area contributed by atoms with Crippen LogP contribution < -0.4 is 20.1 Å². The van der Waals surface area contributed by atoms with Crippen LogP contribution in [0.2, 0.25) is 10.0 Å². The predicted molar refractivity (Wildman–Crippen MR) is 235 cm³/mol. The maximum atomic E-state index is 13.6. The molecule has 0 radical (unpaired) electrons. The van der Waals surface area contributed by atoms with Crippen LogP contribution in [0.25, 0.3) is 0 Å². The molecule has 23 heteroatoms. The average Bonchev–Trinajstić information content (AvgIpc) is 4.02. The number of halogens is 2. The molecule has 62 heavy (non-hydrogen) atoms. The number of sulfonamides is 2. The van der Waals surface area contributed by atoms with Crippen LogP contribution in [0, 0.1) is 55.4 Å². The van der Waals surface area contributed by atoms with Gasteiger partial charge in [0.2, 0.25) is 0 Å². The zero-order valence-corrected chi connectivity index (χ0v) is 38.9. The fourth-order valence-corrected chi connectivity index (χ4v) is 11.5. The summed E-state index contributed by atoms with van der Waals surface area (Å²) in [7, 11) is -8.61. The fourth-order valence-electron chi connectivity index (χ4n) is 6.47. The first-order valence-corrected chi connectivity index (χ1v) is 23.6. The summed E-state index contributed by atoms with van der Waals surface area (Å²) in [5.74, 6) is -1.95. The van der Waals surface area contributed by atoms with Crippen molar-refractivity contribution in [2.45, 2.75) is 78.4 Å².